The fourth-order valence-corrected chi connectivity index (χ4v) is 1.96. The first kappa shape index (κ1) is 25.4. The lowest BCUT2D eigenvalue weighted by atomic mass is 10.2. The fraction of sp³-hybridized carbons (Fsp3) is 0.550. The van der Waals surface area contributed by atoms with E-state index in [1.54, 1.807) is 24.3 Å². The Morgan fingerprint density at radius 1 is 1.11 bits per heavy atom. The number of hydrogen-bond donors (Lipinski definition) is 2. The highest BCUT2D eigenvalue weighted by atomic mass is 19.1. The number of amides is 2. The normalized spacial score (nSPS) is 10.2. The lowest BCUT2D eigenvalue weighted by molar-refractivity contribution is -0.105. The molecule has 28 heavy (non-hydrogen) atoms. The van der Waals surface area contributed by atoms with Gasteiger partial charge in [-0.3, -0.25) is 4.79 Å². The summed E-state index contributed by atoms with van der Waals surface area (Å²) < 4.78 is 20.9. The molecule has 158 valence electrons. The molecule has 0 saturated carbocycles. The zero-order chi connectivity index (χ0) is 21.4. The topological polar surface area (TPSA) is 93.7 Å². The Morgan fingerprint density at radius 2 is 1.75 bits per heavy atom. The van der Waals surface area contributed by atoms with Crippen molar-refractivity contribution in [3.63, 3.8) is 0 Å². The number of alkyl carbamates (subject to hydrolysis) is 1. The number of benzene rings is 1. The lowest BCUT2D eigenvalue weighted by Crippen LogP contribution is -2.32. The summed E-state index contributed by atoms with van der Waals surface area (Å²) in [6, 6.07) is 6.48. The van der Waals surface area contributed by atoms with Gasteiger partial charge in [-0.25, -0.2) is 9.59 Å². The summed E-state index contributed by atoms with van der Waals surface area (Å²) in [6.45, 7) is 8.36. The Labute approximate surface area is 166 Å². The van der Waals surface area contributed by atoms with Crippen molar-refractivity contribution in [1.29, 1.82) is 0 Å². The van der Waals surface area contributed by atoms with Gasteiger partial charge >= 0.3 is 12.3 Å². The van der Waals surface area contributed by atoms with Gasteiger partial charge in [0.15, 0.2) is 0 Å². The number of rotatable bonds is 9. The average molecular weight is 398 g/mol. The molecule has 0 aliphatic rings. The third-order valence-electron chi connectivity index (χ3n) is 3.23. The molecule has 0 fully saturated rings. The second kappa shape index (κ2) is 14.4. The molecule has 1 aromatic carbocycles. The molecule has 2 amide bonds. The van der Waals surface area contributed by atoms with Crippen LogP contribution in [0, 0.1) is 0 Å². The van der Waals surface area contributed by atoms with E-state index in [9.17, 15) is 18.8 Å². The van der Waals surface area contributed by atoms with E-state index >= 15 is 0 Å². The van der Waals surface area contributed by atoms with Gasteiger partial charge in [0.25, 0.3) is 0 Å². The highest BCUT2D eigenvalue weighted by Gasteiger charge is 2.15. The summed E-state index contributed by atoms with van der Waals surface area (Å²) in [5, 5.41) is 5.17. The van der Waals surface area contributed by atoms with Gasteiger partial charge < -0.3 is 20.1 Å². The minimum Gasteiger partial charge on any atom is -0.444 e. The average Bonchev–Trinajstić information content (AvgIpc) is 2.60. The number of halogens is 1. The molecule has 0 radical (unpaired) electrons. The number of carbonyl (C=O) groups is 3. The Balaban J connectivity index is 0.000000521. The first-order valence-corrected chi connectivity index (χ1v) is 9.26. The van der Waals surface area contributed by atoms with Crippen LogP contribution in [0.15, 0.2) is 24.3 Å². The minimum atomic E-state index is -1.81. The molecule has 0 atom stereocenters. The second-order valence-electron chi connectivity index (χ2n) is 6.97. The molecule has 2 N–H and O–H groups in total. The number of unbranched alkanes of at least 4 members (excludes halogenated alkanes) is 3. The van der Waals surface area contributed by atoms with E-state index in [4.69, 9.17) is 4.74 Å². The van der Waals surface area contributed by atoms with Crippen LogP contribution in [0.25, 0.3) is 0 Å². The predicted molar refractivity (Wildman–Crippen MR) is 106 cm³/mol. The van der Waals surface area contributed by atoms with E-state index in [1.807, 2.05) is 20.8 Å². The van der Waals surface area contributed by atoms with E-state index in [0.717, 1.165) is 13.0 Å². The monoisotopic (exact) mass is 398 g/mol. The van der Waals surface area contributed by atoms with Crippen LogP contribution >= 0.6 is 0 Å². The zero-order valence-corrected chi connectivity index (χ0v) is 17.0. The summed E-state index contributed by atoms with van der Waals surface area (Å²) in [6.07, 6.45) is 3.09. The van der Waals surface area contributed by atoms with Crippen LogP contribution in [0.2, 0.25) is 0 Å². The number of carbonyl (C=O) groups excluding carboxylic acids is 3. The molecule has 0 spiro atoms. The van der Waals surface area contributed by atoms with Crippen molar-refractivity contribution in [3.05, 3.63) is 29.8 Å². The summed E-state index contributed by atoms with van der Waals surface area (Å²) in [5.74, 6) is 0. The molecule has 8 heteroatoms. The SMILES string of the molecule is CCCCCCNC(=O)OC(C)(C)C.O=CNc1ccc(COC(=O)F)cc1. The summed E-state index contributed by atoms with van der Waals surface area (Å²) in [5.41, 5.74) is 0.871. The third-order valence-corrected chi connectivity index (χ3v) is 3.23. The van der Waals surface area contributed by atoms with E-state index in [1.165, 1.54) is 19.3 Å². The van der Waals surface area contributed by atoms with Crippen LogP contribution in [0.5, 0.6) is 0 Å². The molecule has 1 rings (SSSR count). The largest absolute Gasteiger partial charge is 0.495 e. The van der Waals surface area contributed by atoms with E-state index in [-0.39, 0.29) is 12.7 Å². The standard InChI is InChI=1S/C11H23NO2.C9H8FNO3/c1-5-6-7-8-9-12-10(13)14-11(2,3)4;10-9(13)14-5-7-1-3-8(4-2-7)11-6-12/h5-9H2,1-4H3,(H,12,13);1-4,6H,5H2,(H,11,12). The quantitative estimate of drug-likeness (QED) is 0.349. The molecule has 0 bridgehead atoms. The first-order chi connectivity index (χ1) is 13.2. The van der Waals surface area contributed by atoms with Crippen molar-refractivity contribution in [2.75, 3.05) is 11.9 Å². The van der Waals surface area contributed by atoms with Crippen LogP contribution in [0.1, 0.15) is 58.9 Å². The summed E-state index contributed by atoms with van der Waals surface area (Å²) in [7, 11) is 0. The lowest BCUT2D eigenvalue weighted by Gasteiger charge is -2.19. The van der Waals surface area contributed by atoms with Gasteiger partial charge in [-0.15, -0.1) is 4.39 Å². The Kier molecular flexibility index (Phi) is 13.1. The molecule has 0 aliphatic carbocycles. The van der Waals surface area contributed by atoms with Gasteiger partial charge in [-0.1, -0.05) is 38.3 Å². The van der Waals surface area contributed by atoms with Crippen molar-refractivity contribution in [2.45, 2.75) is 65.6 Å². The van der Waals surface area contributed by atoms with Crippen molar-refractivity contribution in [2.24, 2.45) is 0 Å². The van der Waals surface area contributed by atoms with Crippen molar-refractivity contribution in [1.82, 2.24) is 5.32 Å². The number of hydrogen-bond acceptors (Lipinski definition) is 5. The summed E-state index contributed by atoms with van der Waals surface area (Å²) >= 11 is 0. The molecular weight excluding hydrogens is 367 g/mol. The van der Waals surface area contributed by atoms with Gasteiger partial charge in [0.1, 0.15) is 12.2 Å². The van der Waals surface area contributed by atoms with Crippen LogP contribution in [-0.4, -0.2) is 30.9 Å². The van der Waals surface area contributed by atoms with Gasteiger partial charge in [0.05, 0.1) is 0 Å². The third kappa shape index (κ3) is 15.6. The molecule has 0 aromatic heterocycles. The highest BCUT2D eigenvalue weighted by Crippen LogP contribution is 2.09. The molecule has 0 heterocycles. The predicted octanol–water partition coefficient (Wildman–Crippen LogP) is 4.95. The van der Waals surface area contributed by atoms with Crippen LogP contribution in [0.4, 0.5) is 19.7 Å². The fourth-order valence-electron chi connectivity index (χ4n) is 1.96. The van der Waals surface area contributed by atoms with Gasteiger partial charge in [-0.05, 0) is 44.9 Å². The summed E-state index contributed by atoms with van der Waals surface area (Å²) in [4.78, 5) is 31.0. The first-order valence-electron chi connectivity index (χ1n) is 9.26. The molecule has 0 saturated heterocycles. The maximum absolute atomic E-state index is 11.7. The maximum Gasteiger partial charge on any atom is 0.495 e. The van der Waals surface area contributed by atoms with E-state index < -0.39 is 11.8 Å². The smallest absolute Gasteiger partial charge is 0.444 e. The highest BCUT2D eigenvalue weighted by molar-refractivity contribution is 5.71. The van der Waals surface area contributed by atoms with Gasteiger partial charge in [-0.2, -0.15) is 0 Å². The molecule has 0 aliphatic heterocycles. The van der Waals surface area contributed by atoms with Gasteiger partial charge in [0.2, 0.25) is 6.41 Å². The van der Waals surface area contributed by atoms with E-state index in [2.05, 4.69) is 22.3 Å². The molecular formula is C20H31FN2O5. The second-order valence-corrected chi connectivity index (χ2v) is 6.97. The maximum atomic E-state index is 11.7. The van der Waals surface area contributed by atoms with E-state index in [0.29, 0.717) is 17.7 Å². The number of nitrogens with one attached hydrogen (secondary N) is 2. The molecule has 0 unspecified atom stereocenters. The number of anilines is 1. The van der Waals surface area contributed by atoms with Crippen LogP contribution < -0.4 is 10.6 Å². The Hall–Kier alpha value is -2.64. The van der Waals surface area contributed by atoms with Crippen LogP contribution in [-0.2, 0) is 20.9 Å². The minimum absolute atomic E-state index is 0.114. The molecule has 1 aromatic rings. The number of ether oxygens (including phenoxy) is 2. The van der Waals surface area contributed by atoms with Gasteiger partial charge in [0, 0.05) is 12.2 Å². The van der Waals surface area contributed by atoms with Crippen LogP contribution in [0.3, 0.4) is 0 Å². The van der Waals surface area contributed by atoms with Crippen molar-refractivity contribution < 1.29 is 28.2 Å². The zero-order valence-electron chi connectivity index (χ0n) is 17.0. The van der Waals surface area contributed by atoms with Crippen molar-refractivity contribution in [3.8, 4) is 0 Å². The van der Waals surface area contributed by atoms with Crippen molar-refractivity contribution >= 4 is 24.4 Å². The Bertz CT molecular complexity index is 585. The Morgan fingerprint density at radius 3 is 2.25 bits per heavy atom. The molecule has 7 nitrogen and oxygen atoms in total.